The van der Waals surface area contributed by atoms with Crippen LogP contribution in [0.15, 0.2) is 58.6 Å². The third-order valence-electron chi connectivity index (χ3n) is 4.17. The van der Waals surface area contributed by atoms with Crippen molar-refractivity contribution in [3.05, 3.63) is 65.2 Å². The fraction of sp³-hybridized carbons (Fsp3) is 0.250. The highest BCUT2D eigenvalue weighted by Crippen LogP contribution is 2.31. The minimum absolute atomic E-state index is 0.321. The molecule has 4 nitrogen and oxygen atoms in total. The van der Waals surface area contributed by atoms with Crippen molar-refractivity contribution in [1.82, 2.24) is 0 Å². The van der Waals surface area contributed by atoms with Crippen LogP contribution in [0, 0.1) is 0 Å². The fourth-order valence-corrected chi connectivity index (χ4v) is 3.55. The number of allylic oxidation sites excluding steroid dienone is 1. The number of hydrogen-bond donors (Lipinski definition) is 0. The standard InChI is InChI=1S/C20H21NO3S/c1-3-24-21-20-13-10-16-6-4-5-7-18(16)19(20)14-15-8-11-17(12-9-15)25(2,22)23/h4-9,11-12,14H,3,10,13H2,1-2H3. The normalized spacial score (nSPS) is 17.5. The maximum absolute atomic E-state index is 11.6. The van der Waals surface area contributed by atoms with Gasteiger partial charge in [-0.3, -0.25) is 0 Å². The van der Waals surface area contributed by atoms with Gasteiger partial charge in [0.1, 0.15) is 6.61 Å². The van der Waals surface area contributed by atoms with Crippen LogP contribution < -0.4 is 0 Å². The molecule has 0 amide bonds. The van der Waals surface area contributed by atoms with Crippen molar-refractivity contribution in [2.24, 2.45) is 5.16 Å². The van der Waals surface area contributed by atoms with Gasteiger partial charge in [0, 0.05) is 11.8 Å². The topological polar surface area (TPSA) is 55.7 Å². The largest absolute Gasteiger partial charge is 0.396 e. The molecule has 130 valence electrons. The van der Waals surface area contributed by atoms with Gasteiger partial charge in [0.15, 0.2) is 9.84 Å². The van der Waals surface area contributed by atoms with Gasteiger partial charge in [0.2, 0.25) is 0 Å². The molecule has 0 radical (unpaired) electrons. The number of sulfone groups is 1. The Bertz CT molecular complexity index is 926. The first kappa shape index (κ1) is 17.4. The van der Waals surface area contributed by atoms with Gasteiger partial charge >= 0.3 is 0 Å². The molecule has 2 aromatic carbocycles. The molecule has 5 heteroatoms. The second-order valence-electron chi connectivity index (χ2n) is 6.01. The smallest absolute Gasteiger partial charge is 0.175 e. The lowest BCUT2D eigenvalue weighted by Crippen LogP contribution is -2.13. The Morgan fingerprint density at radius 1 is 1.08 bits per heavy atom. The van der Waals surface area contributed by atoms with E-state index < -0.39 is 9.84 Å². The van der Waals surface area contributed by atoms with Crippen LogP contribution in [0.3, 0.4) is 0 Å². The molecule has 2 aromatic rings. The molecule has 25 heavy (non-hydrogen) atoms. The zero-order chi connectivity index (χ0) is 17.9. The molecule has 0 spiro atoms. The Labute approximate surface area is 148 Å². The number of nitrogens with zero attached hydrogens (tertiary/aromatic N) is 1. The van der Waals surface area contributed by atoms with Crippen LogP contribution in [0.25, 0.3) is 11.6 Å². The summed E-state index contributed by atoms with van der Waals surface area (Å²) in [6.07, 6.45) is 5.02. The molecule has 0 saturated heterocycles. The molecule has 0 fully saturated rings. The number of benzene rings is 2. The average molecular weight is 355 g/mol. The lowest BCUT2D eigenvalue weighted by Gasteiger charge is -2.20. The molecule has 0 aromatic heterocycles. The third-order valence-corrected chi connectivity index (χ3v) is 5.30. The first-order valence-corrected chi connectivity index (χ1v) is 10.2. The van der Waals surface area contributed by atoms with Gasteiger partial charge in [-0.05, 0) is 54.7 Å². The summed E-state index contributed by atoms with van der Waals surface area (Å²) in [7, 11) is -3.19. The van der Waals surface area contributed by atoms with E-state index in [1.54, 1.807) is 12.1 Å². The van der Waals surface area contributed by atoms with E-state index in [0.717, 1.165) is 35.3 Å². The van der Waals surface area contributed by atoms with E-state index in [1.807, 2.05) is 37.3 Å². The summed E-state index contributed by atoms with van der Waals surface area (Å²) in [5, 5.41) is 4.29. The number of fused-ring (bicyclic) bond motifs is 1. The molecule has 1 aliphatic rings. The molecular weight excluding hydrogens is 334 g/mol. The van der Waals surface area contributed by atoms with E-state index in [2.05, 4.69) is 17.3 Å². The second kappa shape index (κ2) is 7.23. The van der Waals surface area contributed by atoms with Crippen LogP contribution in [0.5, 0.6) is 0 Å². The minimum atomic E-state index is -3.19. The van der Waals surface area contributed by atoms with E-state index in [0.29, 0.717) is 11.5 Å². The van der Waals surface area contributed by atoms with Crippen LogP contribution in [0.1, 0.15) is 30.0 Å². The van der Waals surface area contributed by atoms with Gasteiger partial charge in [-0.2, -0.15) is 0 Å². The number of aryl methyl sites for hydroxylation is 1. The maximum atomic E-state index is 11.6. The zero-order valence-electron chi connectivity index (χ0n) is 14.4. The van der Waals surface area contributed by atoms with Gasteiger partial charge in [-0.1, -0.05) is 41.6 Å². The molecule has 0 heterocycles. The number of hydrogen-bond acceptors (Lipinski definition) is 4. The summed E-state index contributed by atoms with van der Waals surface area (Å²) in [6, 6.07) is 15.2. The lowest BCUT2D eigenvalue weighted by atomic mass is 9.85. The van der Waals surface area contributed by atoms with E-state index >= 15 is 0 Å². The first-order valence-electron chi connectivity index (χ1n) is 8.28. The number of oxime groups is 1. The quantitative estimate of drug-likeness (QED) is 0.780. The summed E-state index contributed by atoms with van der Waals surface area (Å²) < 4.78 is 23.2. The monoisotopic (exact) mass is 355 g/mol. The van der Waals surface area contributed by atoms with Crippen molar-refractivity contribution in [2.75, 3.05) is 12.9 Å². The Morgan fingerprint density at radius 3 is 2.48 bits per heavy atom. The zero-order valence-corrected chi connectivity index (χ0v) is 15.2. The molecule has 0 atom stereocenters. The van der Waals surface area contributed by atoms with Gasteiger partial charge in [-0.15, -0.1) is 0 Å². The molecule has 0 unspecified atom stereocenters. The predicted molar refractivity (Wildman–Crippen MR) is 101 cm³/mol. The summed E-state index contributed by atoms with van der Waals surface area (Å²) in [5.41, 5.74) is 5.33. The van der Waals surface area contributed by atoms with Crippen LogP contribution in [0.4, 0.5) is 0 Å². The van der Waals surface area contributed by atoms with Crippen molar-refractivity contribution in [1.29, 1.82) is 0 Å². The number of rotatable bonds is 4. The minimum Gasteiger partial charge on any atom is -0.396 e. The van der Waals surface area contributed by atoms with Crippen molar-refractivity contribution in [3.8, 4) is 0 Å². The molecule has 0 bridgehead atoms. The average Bonchev–Trinajstić information content (AvgIpc) is 2.61. The van der Waals surface area contributed by atoms with Crippen molar-refractivity contribution in [3.63, 3.8) is 0 Å². The van der Waals surface area contributed by atoms with E-state index in [-0.39, 0.29) is 0 Å². The summed E-state index contributed by atoms with van der Waals surface area (Å²) >= 11 is 0. The second-order valence-corrected chi connectivity index (χ2v) is 8.03. The first-order chi connectivity index (χ1) is 12.0. The summed E-state index contributed by atoms with van der Waals surface area (Å²) in [4.78, 5) is 5.61. The Kier molecular flexibility index (Phi) is 5.04. The van der Waals surface area contributed by atoms with E-state index in [4.69, 9.17) is 4.84 Å². The molecule has 0 N–H and O–H groups in total. The Balaban J connectivity index is 2.05. The molecule has 1 aliphatic carbocycles. The molecule has 0 aliphatic heterocycles. The summed E-state index contributed by atoms with van der Waals surface area (Å²) in [5.74, 6) is 0. The van der Waals surface area contributed by atoms with Crippen LogP contribution >= 0.6 is 0 Å². The predicted octanol–water partition coefficient (Wildman–Crippen LogP) is 3.97. The van der Waals surface area contributed by atoms with Crippen LogP contribution in [0.2, 0.25) is 0 Å². The van der Waals surface area contributed by atoms with Gasteiger partial charge < -0.3 is 4.84 Å². The maximum Gasteiger partial charge on any atom is 0.175 e. The van der Waals surface area contributed by atoms with E-state index in [1.165, 1.54) is 11.8 Å². The SMILES string of the molecule is CCON=C1CCc2ccccc2C1=Cc1ccc(S(C)(=O)=O)cc1. The fourth-order valence-electron chi connectivity index (χ4n) is 2.92. The van der Waals surface area contributed by atoms with Crippen LogP contribution in [-0.2, 0) is 21.1 Å². The van der Waals surface area contributed by atoms with Gasteiger partial charge in [0.25, 0.3) is 0 Å². The Hall–Kier alpha value is -2.40. The van der Waals surface area contributed by atoms with Crippen molar-refractivity contribution >= 4 is 27.2 Å². The molecule has 3 rings (SSSR count). The Morgan fingerprint density at radius 2 is 1.80 bits per heavy atom. The lowest BCUT2D eigenvalue weighted by molar-refractivity contribution is 0.158. The highest BCUT2D eigenvalue weighted by atomic mass is 32.2. The molecular formula is C20H21NO3S. The highest BCUT2D eigenvalue weighted by Gasteiger charge is 2.20. The van der Waals surface area contributed by atoms with Crippen LogP contribution in [-0.4, -0.2) is 27.0 Å². The highest BCUT2D eigenvalue weighted by molar-refractivity contribution is 7.90. The van der Waals surface area contributed by atoms with Crippen molar-refractivity contribution in [2.45, 2.75) is 24.7 Å². The van der Waals surface area contributed by atoms with Gasteiger partial charge in [0.05, 0.1) is 10.6 Å². The van der Waals surface area contributed by atoms with E-state index in [9.17, 15) is 8.42 Å². The summed E-state index contributed by atoms with van der Waals surface area (Å²) in [6.45, 7) is 2.44. The van der Waals surface area contributed by atoms with Gasteiger partial charge in [-0.25, -0.2) is 8.42 Å². The van der Waals surface area contributed by atoms with Crippen molar-refractivity contribution < 1.29 is 13.3 Å². The third kappa shape index (κ3) is 3.99. The molecule has 0 saturated carbocycles.